The van der Waals surface area contributed by atoms with Crippen molar-refractivity contribution in [2.75, 3.05) is 36.2 Å². The van der Waals surface area contributed by atoms with E-state index in [0.29, 0.717) is 6.07 Å². The highest BCUT2D eigenvalue weighted by Gasteiger charge is 2.25. The standard InChI is InChI=1S/C26H26N6O18S6/c27-19-13-20(28)24(14-23(19)31-29-21-6-3-17(12-25(21)53(37,38)39)52(35,36)10-8-50-56(46,47)48)32-30-22-5-1-15-11-16(2-4-18(15)26(22)54(40,41)42)51(33,34)9-7-49-55(43,44)45/h1-6,11-14H,7-10,27-28H2,(H,37,38,39)(H,40,41,42)(H,43,44,45)(H,46,47,48)/b31-29+,32-30+. The fourth-order valence-corrected chi connectivity index (χ4v) is 9.11. The van der Waals surface area contributed by atoms with Crippen LogP contribution >= 0.6 is 0 Å². The van der Waals surface area contributed by atoms with Crippen LogP contribution in [0.5, 0.6) is 0 Å². The quantitative estimate of drug-likeness (QED) is 0.0534. The van der Waals surface area contributed by atoms with E-state index in [1.54, 1.807) is 0 Å². The Bertz CT molecular complexity index is 2970. The second kappa shape index (κ2) is 16.1. The summed E-state index contributed by atoms with van der Waals surface area (Å²) in [4.78, 5) is -2.99. The van der Waals surface area contributed by atoms with Crippen molar-refractivity contribution in [2.24, 2.45) is 20.5 Å². The third kappa shape index (κ3) is 11.5. The molecule has 0 saturated heterocycles. The summed E-state index contributed by atoms with van der Waals surface area (Å²) < 4.78 is 188. The van der Waals surface area contributed by atoms with Crippen LogP contribution in [0.3, 0.4) is 0 Å². The van der Waals surface area contributed by atoms with E-state index >= 15 is 0 Å². The summed E-state index contributed by atoms with van der Waals surface area (Å²) in [6.45, 7) is -1.97. The topological polar surface area (TPSA) is 406 Å². The maximum atomic E-state index is 12.7. The Labute approximate surface area is 318 Å². The van der Waals surface area contributed by atoms with Gasteiger partial charge in [0.15, 0.2) is 19.7 Å². The van der Waals surface area contributed by atoms with E-state index in [0.717, 1.165) is 48.5 Å². The molecule has 24 nitrogen and oxygen atoms in total. The SMILES string of the molecule is Nc1cc(N)c(/N=N/c2ccc3cc(S(=O)(=O)CCOS(=O)(=O)O)ccc3c2S(=O)(=O)O)cc1/N=N/c1ccc(S(=O)(=O)CCOS(=O)(=O)O)cc1S(=O)(=O)O. The van der Waals surface area contributed by atoms with Crippen LogP contribution in [-0.4, -0.2) is 93.4 Å². The van der Waals surface area contributed by atoms with Crippen LogP contribution in [0.25, 0.3) is 10.8 Å². The zero-order valence-electron chi connectivity index (χ0n) is 27.5. The van der Waals surface area contributed by atoms with E-state index in [1.807, 2.05) is 0 Å². The molecule has 30 heteroatoms. The fraction of sp³-hybridized carbons (Fsp3) is 0.154. The Morgan fingerprint density at radius 2 is 0.946 bits per heavy atom. The van der Waals surface area contributed by atoms with Gasteiger partial charge in [-0.3, -0.25) is 18.2 Å². The van der Waals surface area contributed by atoms with Gasteiger partial charge >= 0.3 is 20.8 Å². The lowest BCUT2D eigenvalue weighted by Gasteiger charge is -2.10. The molecule has 0 aromatic heterocycles. The predicted octanol–water partition coefficient (Wildman–Crippen LogP) is 2.51. The molecule has 0 aliphatic carbocycles. The molecule has 0 atom stereocenters. The van der Waals surface area contributed by atoms with Gasteiger partial charge in [0.2, 0.25) is 0 Å². The second-order valence-electron chi connectivity index (χ2n) is 10.9. The maximum absolute atomic E-state index is 12.7. The minimum atomic E-state index is -5.18. The van der Waals surface area contributed by atoms with E-state index in [2.05, 4.69) is 28.8 Å². The third-order valence-electron chi connectivity index (χ3n) is 6.98. The van der Waals surface area contributed by atoms with E-state index < -0.39 is 116 Å². The zero-order chi connectivity index (χ0) is 42.1. The number of hydrogen-bond donors (Lipinski definition) is 6. The summed E-state index contributed by atoms with van der Waals surface area (Å²) in [5.41, 5.74) is 9.97. The summed E-state index contributed by atoms with van der Waals surface area (Å²) in [5.74, 6) is -1.92. The summed E-state index contributed by atoms with van der Waals surface area (Å²) in [7, 11) is -28.9. The summed E-state index contributed by atoms with van der Waals surface area (Å²) >= 11 is 0. The number of sulfone groups is 2. The highest BCUT2D eigenvalue weighted by molar-refractivity contribution is 7.92. The van der Waals surface area contributed by atoms with E-state index in [-0.39, 0.29) is 33.5 Å². The van der Waals surface area contributed by atoms with Crippen molar-refractivity contribution in [1.82, 2.24) is 0 Å². The zero-order valence-corrected chi connectivity index (χ0v) is 32.4. The van der Waals surface area contributed by atoms with Crippen LogP contribution in [0.2, 0.25) is 0 Å². The Hall–Kier alpha value is -4.60. The Kier molecular flexibility index (Phi) is 12.7. The van der Waals surface area contributed by atoms with E-state index in [1.165, 1.54) is 6.07 Å². The molecule has 0 bridgehead atoms. The van der Waals surface area contributed by atoms with Gasteiger partial charge in [-0.15, -0.1) is 20.5 Å². The molecule has 0 fully saturated rings. The van der Waals surface area contributed by atoms with Crippen LogP contribution in [0, 0.1) is 0 Å². The van der Waals surface area contributed by atoms with Gasteiger partial charge in [0, 0.05) is 5.39 Å². The van der Waals surface area contributed by atoms with Gasteiger partial charge in [0.25, 0.3) is 20.2 Å². The Morgan fingerprint density at radius 1 is 0.500 bits per heavy atom. The minimum absolute atomic E-state index is 0.0379. The Balaban J connectivity index is 1.69. The molecule has 4 aromatic rings. The van der Waals surface area contributed by atoms with Crippen molar-refractivity contribution in [3.05, 3.63) is 60.7 Å². The van der Waals surface area contributed by atoms with Crippen molar-refractivity contribution in [3.8, 4) is 0 Å². The van der Waals surface area contributed by atoms with Gasteiger partial charge in [-0.25, -0.2) is 25.2 Å². The van der Waals surface area contributed by atoms with Gasteiger partial charge in [-0.1, -0.05) is 12.1 Å². The molecule has 0 aliphatic heterocycles. The lowest BCUT2D eigenvalue weighted by atomic mass is 10.1. The first kappa shape index (κ1) is 44.1. The highest BCUT2D eigenvalue weighted by atomic mass is 32.3. The molecular weight excluding hydrogens is 877 g/mol. The molecule has 304 valence electrons. The monoisotopic (exact) mass is 902 g/mol. The van der Waals surface area contributed by atoms with Crippen molar-refractivity contribution >= 4 is 106 Å². The number of hydrogen-bond acceptors (Lipinski definition) is 20. The van der Waals surface area contributed by atoms with E-state index in [9.17, 15) is 59.6 Å². The van der Waals surface area contributed by atoms with Crippen LogP contribution < -0.4 is 11.5 Å². The summed E-state index contributed by atoms with van der Waals surface area (Å²) in [6, 6.07) is 9.57. The van der Waals surface area contributed by atoms with Gasteiger partial charge in [-0.05, 0) is 53.9 Å². The molecule has 8 N–H and O–H groups in total. The average Bonchev–Trinajstić information content (AvgIpc) is 3.04. The van der Waals surface area contributed by atoms with E-state index in [4.69, 9.17) is 20.6 Å². The summed E-state index contributed by atoms with van der Waals surface area (Å²) in [6.07, 6.45) is 0. The molecular formula is C26H26N6O18S6. The molecule has 0 aliphatic rings. The lowest BCUT2D eigenvalue weighted by molar-refractivity contribution is 0.282. The number of anilines is 2. The number of nitrogens with two attached hydrogens (primary N) is 2. The van der Waals surface area contributed by atoms with Crippen LogP contribution in [-0.2, 0) is 69.1 Å². The van der Waals surface area contributed by atoms with Gasteiger partial charge in [0.05, 0.1) is 45.9 Å². The number of azo groups is 2. The molecule has 0 unspecified atom stereocenters. The van der Waals surface area contributed by atoms with Crippen LogP contribution in [0.4, 0.5) is 34.1 Å². The predicted molar refractivity (Wildman–Crippen MR) is 193 cm³/mol. The molecule has 4 rings (SSSR count). The van der Waals surface area contributed by atoms with Crippen molar-refractivity contribution in [3.63, 3.8) is 0 Å². The number of nitrogen functional groups attached to an aromatic ring is 2. The lowest BCUT2D eigenvalue weighted by Crippen LogP contribution is -2.16. The van der Waals surface area contributed by atoms with Crippen LogP contribution in [0.1, 0.15) is 0 Å². The average molecular weight is 903 g/mol. The number of fused-ring (bicyclic) bond motifs is 1. The van der Waals surface area contributed by atoms with Gasteiger partial charge in [-0.2, -0.15) is 33.7 Å². The number of nitrogens with zero attached hydrogens (tertiary/aromatic N) is 4. The molecule has 0 saturated carbocycles. The second-order valence-corrected chi connectivity index (χ2v) is 20.0. The molecule has 0 radical (unpaired) electrons. The van der Waals surface area contributed by atoms with Gasteiger partial charge < -0.3 is 11.5 Å². The summed E-state index contributed by atoms with van der Waals surface area (Å²) in [5, 5.41) is 15.0. The molecule has 4 aromatic carbocycles. The molecule has 0 amide bonds. The van der Waals surface area contributed by atoms with Crippen molar-refractivity contribution in [2.45, 2.75) is 19.6 Å². The van der Waals surface area contributed by atoms with Crippen LogP contribution in [0.15, 0.2) is 101 Å². The number of benzene rings is 4. The van der Waals surface area contributed by atoms with Crippen molar-refractivity contribution in [1.29, 1.82) is 0 Å². The van der Waals surface area contributed by atoms with Gasteiger partial charge in [0.1, 0.15) is 32.5 Å². The first-order valence-electron chi connectivity index (χ1n) is 14.4. The van der Waals surface area contributed by atoms with Crippen molar-refractivity contribution < 1.29 is 77.1 Å². The molecule has 0 heterocycles. The maximum Gasteiger partial charge on any atom is 0.397 e. The molecule has 56 heavy (non-hydrogen) atoms. The smallest absolute Gasteiger partial charge is 0.397 e. The minimum Gasteiger partial charge on any atom is -0.397 e. The highest BCUT2D eigenvalue weighted by Crippen LogP contribution is 2.39. The molecule has 0 spiro atoms. The largest absolute Gasteiger partial charge is 0.397 e. The number of rotatable bonds is 16. The third-order valence-corrected chi connectivity index (χ3v) is 13.1. The fourth-order valence-electron chi connectivity index (χ4n) is 4.52. The first-order chi connectivity index (χ1) is 25.6. The normalized spacial score (nSPS) is 13.6. The Morgan fingerprint density at radius 3 is 1.43 bits per heavy atom. The first-order valence-corrected chi connectivity index (χ1v) is 23.4.